The van der Waals surface area contributed by atoms with Crippen LogP contribution in [0.3, 0.4) is 0 Å². The maximum absolute atomic E-state index is 12.5. The third-order valence-corrected chi connectivity index (χ3v) is 3.95. The summed E-state index contributed by atoms with van der Waals surface area (Å²) in [4.78, 5) is 18.0. The zero-order valence-corrected chi connectivity index (χ0v) is 11.9. The summed E-state index contributed by atoms with van der Waals surface area (Å²) >= 11 is 6.01. The molecule has 1 fully saturated rings. The highest BCUT2D eigenvalue weighted by Crippen LogP contribution is 2.31. The van der Waals surface area contributed by atoms with Gasteiger partial charge in [-0.1, -0.05) is 11.6 Å². The molecule has 0 aliphatic carbocycles. The molecule has 1 aliphatic rings. The highest BCUT2D eigenvalue weighted by molar-refractivity contribution is 6.33. The van der Waals surface area contributed by atoms with E-state index in [9.17, 15) is 9.90 Å². The minimum absolute atomic E-state index is 0.164. The summed E-state index contributed by atoms with van der Waals surface area (Å²) in [7, 11) is 0. The molecule has 1 saturated heterocycles. The third kappa shape index (κ3) is 2.62. The van der Waals surface area contributed by atoms with E-state index in [0.29, 0.717) is 35.7 Å². The van der Waals surface area contributed by atoms with Crippen LogP contribution in [-0.4, -0.2) is 49.4 Å². The standard InChI is InChI=1S/C13H14ClN5O2/c14-10-6-15-4-2-9(10)12(20)19-5-1-3-13(21,8-19)11-7-16-18-17-11/h2,4,6-7,21H,1,3,5,8H2,(H,16,17,18)/t13-/m1/s1. The molecular formula is C13H14ClN5O2. The van der Waals surface area contributed by atoms with Crippen LogP contribution < -0.4 is 0 Å². The number of aromatic amines is 1. The summed E-state index contributed by atoms with van der Waals surface area (Å²) in [5, 5.41) is 21.1. The molecule has 8 heteroatoms. The molecule has 7 nitrogen and oxygen atoms in total. The van der Waals surface area contributed by atoms with Crippen molar-refractivity contribution in [3.8, 4) is 0 Å². The van der Waals surface area contributed by atoms with Crippen molar-refractivity contribution >= 4 is 17.5 Å². The van der Waals surface area contributed by atoms with Crippen LogP contribution in [-0.2, 0) is 5.60 Å². The van der Waals surface area contributed by atoms with Crippen molar-refractivity contribution in [2.75, 3.05) is 13.1 Å². The highest BCUT2D eigenvalue weighted by Gasteiger charge is 2.39. The topological polar surface area (TPSA) is 95.0 Å². The number of H-pyrrole nitrogens is 1. The number of β-amino-alcohol motifs (C(OH)–C–C–N with tert-alkyl or cyclic N) is 1. The average Bonchev–Trinajstić information content (AvgIpc) is 3.02. The molecule has 3 heterocycles. The Morgan fingerprint density at radius 1 is 1.48 bits per heavy atom. The second kappa shape index (κ2) is 5.42. The summed E-state index contributed by atoms with van der Waals surface area (Å²) < 4.78 is 0. The second-order valence-corrected chi connectivity index (χ2v) is 5.48. The summed E-state index contributed by atoms with van der Waals surface area (Å²) in [6, 6.07) is 1.58. The molecule has 0 spiro atoms. The lowest BCUT2D eigenvalue weighted by Gasteiger charge is -2.38. The lowest BCUT2D eigenvalue weighted by molar-refractivity contribution is -0.0320. The first-order valence-electron chi connectivity index (χ1n) is 6.57. The van der Waals surface area contributed by atoms with Crippen LogP contribution >= 0.6 is 11.6 Å². The minimum Gasteiger partial charge on any atom is -0.382 e. The van der Waals surface area contributed by atoms with Crippen LogP contribution in [0.2, 0.25) is 5.02 Å². The Morgan fingerprint density at radius 3 is 3.05 bits per heavy atom. The molecule has 1 amide bonds. The SMILES string of the molecule is O=C(c1ccncc1Cl)N1CCC[C@](O)(c2cn[nH]n2)C1. The van der Waals surface area contributed by atoms with Gasteiger partial charge < -0.3 is 10.0 Å². The molecular weight excluding hydrogens is 294 g/mol. The van der Waals surface area contributed by atoms with E-state index in [2.05, 4.69) is 20.4 Å². The summed E-state index contributed by atoms with van der Waals surface area (Å²) in [5.41, 5.74) is -0.350. The zero-order chi connectivity index (χ0) is 14.9. The van der Waals surface area contributed by atoms with E-state index < -0.39 is 5.60 Å². The van der Waals surface area contributed by atoms with Crippen molar-refractivity contribution < 1.29 is 9.90 Å². The fourth-order valence-corrected chi connectivity index (χ4v) is 2.76. The zero-order valence-electron chi connectivity index (χ0n) is 11.2. The number of aliphatic hydroxyl groups is 1. The number of likely N-dealkylation sites (tertiary alicyclic amines) is 1. The maximum atomic E-state index is 12.5. The number of aromatic nitrogens is 4. The summed E-state index contributed by atoms with van der Waals surface area (Å²) in [6.45, 7) is 0.731. The van der Waals surface area contributed by atoms with Crippen LogP contribution in [0.4, 0.5) is 0 Å². The van der Waals surface area contributed by atoms with E-state index in [0.717, 1.165) is 0 Å². The Labute approximate surface area is 125 Å². The van der Waals surface area contributed by atoms with Crippen LogP contribution in [0.25, 0.3) is 0 Å². The predicted molar refractivity (Wildman–Crippen MR) is 74.7 cm³/mol. The number of nitrogens with zero attached hydrogens (tertiary/aromatic N) is 4. The van der Waals surface area contributed by atoms with Gasteiger partial charge in [0, 0.05) is 18.9 Å². The third-order valence-electron chi connectivity index (χ3n) is 3.65. The van der Waals surface area contributed by atoms with Crippen molar-refractivity contribution in [1.82, 2.24) is 25.3 Å². The molecule has 0 aromatic carbocycles. The van der Waals surface area contributed by atoms with Gasteiger partial charge in [-0.2, -0.15) is 15.4 Å². The average molecular weight is 308 g/mol. The number of hydrogen-bond donors (Lipinski definition) is 2. The van der Waals surface area contributed by atoms with Crippen molar-refractivity contribution in [2.45, 2.75) is 18.4 Å². The van der Waals surface area contributed by atoms with Gasteiger partial charge in [0.1, 0.15) is 11.3 Å². The van der Waals surface area contributed by atoms with E-state index in [1.807, 2.05) is 0 Å². The van der Waals surface area contributed by atoms with Gasteiger partial charge in [-0.3, -0.25) is 9.78 Å². The van der Waals surface area contributed by atoms with Gasteiger partial charge in [-0.25, -0.2) is 0 Å². The molecule has 2 aromatic rings. The predicted octanol–water partition coefficient (Wildman–Crippen LogP) is 0.977. The van der Waals surface area contributed by atoms with Crippen LogP contribution in [0.5, 0.6) is 0 Å². The van der Waals surface area contributed by atoms with Crippen LogP contribution in [0.15, 0.2) is 24.7 Å². The first-order valence-corrected chi connectivity index (χ1v) is 6.95. The van der Waals surface area contributed by atoms with Gasteiger partial charge in [0.2, 0.25) is 0 Å². The summed E-state index contributed by atoms with van der Waals surface area (Å²) in [5.74, 6) is -0.219. The van der Waals surface area contributed by atoms with Crippen molar-refractivity contribution in [1.29, 1.82) is 0 Å². The van der Waals surface area contributed by atoms with E-state index >= 15 is 0 Å². The number of amides is 1. The number of nitrogens with one attached hydrogen (secondary N) is 1. The van der Waals surface area contributed by atoms with Gasteiger partial charge in [0.15, 0.2) is 0 Å². The minimum atomic E-state index is -1.18. The van der Waals surface area contributed by atoms with E-state index in [1.54, 1.807) is 11.0 Å². The van der Waals surface area contributed by atoms with Crippen molar-refractivity contribution in [3.05, 3.63) is 40.9 Å². The number of hydrogen-bond acceptors (Lipinski definition) is 5. The quantitative estimate of drug-likeness (QED) is 0.862. The molecule has 2 N–H and O–H groups in total. The molecule has 0 radical (unpaired) electrons. The fraction of sp³-hybridized carbons (Fsp3) is 0.385. The van der Waals surface area contributed by atoms with Crippen LogP contribution in [0, 0.1) is 0 Å². The monoisotopic (exact) mass is 307 g/mol. The number of halogens is 1. The number of carbonyl (C=O) groups excluding carboxylic acids is 1. The number of pyridine rings is 1. The first kappa shape index (κ1) is 14.0. The van der Waals surface area contributed by atoms with Crippen molar-refractivity contribution in [3.63, 3.8) is 0 Å². The van der Waals surface area contributed by atoms with Crippen molar-refractivity contribution in [2.24, 2.45) is 0 Å². The molecule has 2 aromatic heterocycles. The fourth-order valence-electron chi connectivity index (χ4n) is 2.56. The molecule has 1 aliphatic heterocycles. The molecule has 0 saturated carbocycles. The molecule has 3 rings (SSSR count). The number of piperidine rings is 1. The van der Waals surface area contributed by atoms with Gasteiger partial charge in [0.05, 0.1) is 23.3 Å². The first-order chi connectivity index (χ1) is 10.1. The lowest BCUT2D eigenvalue weighted by atomic mass is 9.89. The van der Waals surface area contributed by atoms with E-state index in [4.69, 9.17) is 11.6 Å². The smallest absolute Gasteiger partial charge is 0.255 e. The highest BCUT2D eigenvalue weighted by atomic mass is 35.5. The Hall–Kier alpha value is -1.99. The number of carbonyl (C=O) groups is 1. The molecule has 0 unspecified atom stereocenters. The Morgan fingerprint density at radius 2 is 2.33 bits per heavy atom. The Kier molecular flexibility index (Phi) is 3.60. The largest absolute Gasteiger partial charge is 0.382 e. The van der Waals surface area contributed by atoms with Gasteiger partial charge in [0.25, 0.3) is 5.91 Å². The lowest BCUT2D eigenvalue weighted by Crippen LogP contribution is -2.48. The molecule has 21 heavy (non-hydrogen) atoms. The Bertz CT molecular complexity index is 648. The Balaban J connectivity index is 1.84. The second-order valence-electron chi connectivity index (χ2n) is 5.07. The number of rotatable bonds is 2. The van der Waals surface area contributed by atoms with Crippen LogP contribution in [0.1, 0.15) is 28.9 Å². The normalized spacial score (nSPS) is 22.3. The van der Waals surface area contributed by atoms with E-state index in [1.165, 1.54) is 18.6 Å². The molecule has 110 valence electrons. The summed E-state index contributed by atoms with van der Waals surface area (Å²) in [6.07, 6.45) is 5.65. The molecule has 0 bridgehead atoms. The van der Waals surface area contributed by atoms with Gasteiger partial charge in [-0.05, 0) is 18.9 Å². The van der Waals surface area contributed by atoms with E-state index in [-0.39, 0.29) is 12.5 Å². The maximum Gasteiger partial charge on any atom is 0.255 e. The van der Waals surface area contributed by atoms with Gasteiger partial charge in [-0.15, -0.1) is 0 Å². The van der Waals surface area contributed by atoms with Gasteiger partial charge >= 0.3 is 0 Å². The molecule has 1 atom stereocenters.